The molecule has 1 aliphatic heterocycles. The lowest BCUT2D eigenvalue weighted by Gasteiger charge is -2.22. The van der Waals surface area contributed by atoms with Gasteiger partial charge in [0.25, 0.3) is 0 Å². The molecule has 6 heteroatoms. The van der Waals surface area contributed by atoms with E-state index < -0.39 is 11.3 Å². The van der Waals surface area contributed by atoms with Crippen LogP contribution in [0.3, 0.4) is 0 Å². The Balaban J connectivity index is 2.01. The minimum absolute atomic E-state index is 0.565. The first-order valence-corrected chi connectivity index (χ1v) is 5.20. The van der Waals surface area contributed by atoms with Gasteiger partial charge in [-0.05, 0) is 31.8 Å². The molecule has 0 amide bonds. The van der Waals surface area contributed by atoms with Crippen molar-refractivity contribution in [2.24, 2.45) is 5.92 Å². The maximum absolute atomic E-state index is 10.2. The molecule has 72 valence electrons. The molecule has 12 heavy (non-hydrogen) atoms. The van der Waals surface area contributed by atoms with Crippen LogP contribution in [0, 0.1) is 5.92 Å². The Hall–Kier alpha value is -0.0100. The molecule has 2 unspecified atom stereocenters. The van der Waals surface area contributed by atoms with Gasteiger partial charge in [-0.1, -0.05) is 0 Å². The fraction of sp³-hybridized carbons (Fsp3) is 1.00. The normalized spacial score (nSPS) is 26.9. The fourth-order valence-electron chi connectivity index (χ4n) is 1.35. The van der Waals surface area contributed by atoms with Gasteiger partial charge in [0, 0.05) is 6.54 Å². The average Bonchev–Trinajstić information content (AvgIpc) is 2.05. The predicted molar refractivity (Wildman–Crippen MR) is 47.5 cm³/mol. The van der Waals surface area contributed by atoms with Crippen molar-refractivity contribution in [1.82, 2.24) is 15.6 Å². The first kappa shape index (κ1) is 10.1. The Kier molecular flexibility index (Phi) is 4.70. The van der Waals surface area contributed by atoms with Crippen molar-refractivity contribution in [3.63, 3.8) is 0 Å². The minimum Gasteiger partial charge on any atom is -0.316 e. The molecule has 2 atom stereocenters. The van der Waals surface area contributed by atoms with Crippen molar-refractivity contribution < 1.29 is 8.76 Å². The van der Waals surface area contributed by atoms with Crippen molar-refractivity contribution in [1.29, 1.82) is 0 Å². The molecule has 0 spiro atoms. The second kappa shape index (κ2) is 5.60. The third-order valence-electron chi connectivity index (χ3n) is 1.95. The zero-order chi connectivity index (χ0) is 8.81. The lowest BCUT2D eigenvalue weighted by Crippen LogP contribution is -2.41. The number of nitrogens with one attached hydrogen (secondary N) is 3. The van der Waals surface area contributed by atoms with E-state index in [1.165, 1.54) is 12.8 Å². The van der Waals surface area contributed by atoms with Crippen LogP contribution in [0.5, 0.6) is 0 Å². The number of hydrogen-bond donors (Lipinski definition) is 4. The van der Waals surface area contributed by atoms with Crippen LogP contribution in [0.25, 0.3) is 0 Å². The Morgan fingerprint density at radius 1 is 1.67 bits per heavy atom. The molecule has 5 nitrogen and oxygen atoms in total. The van der Waals surface area contributed by atoms with E-state index in [1.807, 2.05) is 0 Å². The van der Waals surface area contributed by atoms with Crippen LogP contribution in [0.2, 0.25) is 0 Å². The Labute approximate surface area is 74.7 Å². The van der Waals surface area contributed by atoms with Crippen LogP contribution in [0.15, 0.2) is 0 Å². The van der Waals surface area contributed by atoms with Gasteiger partial charge in [0.05, 0.1) is 0 Å². The van der Waals surface area contributed by atoms with Crippen molar-refractivity contribution in [3.05, 3.63) is 0 Å². The van der Waals surface area contributed by atoms with Crippen LogP contribution in [0.4, 0.5) is 0 Å². The van der Waals surface area contributed by atoms with Crippen LogP contribution >= 0.6 is 0 Å². The minimum atomic E-state index is -1.95. The fourth-order valence-corrected chi connectivity index (χ4v) is 1.55. The SMILES string of the molecule is O=S(O)NNCC1CCCNC1. The zero-order valence-electron chi connectivity index (χ0n) is 6.88. The van der Waals surface area contributed by atoms with E-state index >= 15 is 0 Å². The summed E-state index contributed by atoms with van der Waals surface area (Å²) in [5.74, 6) is 0.565. The van der Waals surface area contributed by atoms with Gasteiger partial charge in [-0.3, -0.25) is 4.55 Å². The highest BCUT2D eigenvalue weighted by Gasteiger charge is 2.11. The summed E-state index contributed by atoms with van der Waals surface area (Å²) in [5.41, 5.74) is 2.71. The standard InChI is InChI=1S/C6H15N3O2S/c10-12(11)9-8-5-6-2-1-3-7-4-6/h6-9H,1-5H2,(H,10,11). The van der Waals surface area contributed by atoms with Gasteiger partial charge >= 0.3 is 0 Å². The Morgan fingerprint density at radius 2 is 2.50 bits per heavy atom. The lowest BCUT2D eigenvalue weighted by molar-refractivity contribution is 0.354. The highest BCUT2D eigenvalue weighted by Crippen LogP contribution is 2.07. The first-order valence-electron chi connectivity index (χ1n) is 4.09. The first-order chi connectivity index (χ1) is 5.79. The summed E-state index contributed by atoms with van der Waals surface area (Å²) in [5, 5.41) is 3.27. The van der Waals surface area contributed by atoms with Gasteiger partial charge in [-0.2, -0.15) is 4.83 Å². The van der Waals surface area contributed by atoms with Gasteiger partial charge in [0.15, 0.2) is 0 Å². The zero-order valence-corrected chi connectivity index (χ0v) is 7.69. The highest BCUT2D eigenvalue weighted by atomic mass is 32.2. The molecule has 0 aliphatic carbocycles. The van der Waals surface area contributed by atoms with E-state index in [2.05, 4.69) is 15.6 Å². The topological polar surface area (TPSA) is 73.4 Å². The predicted octanol–water partition coefficient (Wildman–Crippen LogP) is -0.783. The summed E-state index contributed by atoms with van der Waals surface area (Å²) in [6.07, 6.45) is 2.37. The molecule has 1 saturated heterocycles. The van der Waals surface area contributed by atoms with Gasteiger partial charge in [0.1, 0.15) is 0 Å². The van der Waals surface area contributed by atoms with E-state index in [0.29, 0.717) is 5.92 Å². The molecule has 1 aliphatic rings. The summed E-state index contributed by atoms with van der Waals surface area (Å²) in [4.78, 5) is 2.24. The largest absolute Gasteiger partial charge is 0.316 e. The lowest BCUT2D eigenvalue weighted by atomic mass is 10.0. The number of piperidine rings is 1. The quantitative estimate of drug-likeness (QED) is 0.349. The second-order valence-corrected chi connectivity index (χ2v) is 3.65. The van der Waals surface area contributed by atoms with Crippen molar-refractivity contribution in [3.8, 4) is 0 Å². The van der Waals surface area contributed by atoms with Gasteiger partial charge in [0.2, 0.25) is 11.3 Å². The molecule has 4 N–H and O–H groups in total. The van der Waals surface area contributed by atoms with E-state index in [-0.39, 0.29) is 0 Å². The van der Waals surface area contributed by atoms with Crippen molar-refractivity contribution >= 4 is 11.3 Å². The molecule has 0 aromatic heterocycles. The van der Waals surface area contributed by atoms with Crippen molar-refractivity contribution in [2.45, 2.75) is 12.8 Å². The van der Waals surface area contributed by atoms with Crippen LogP contribution in [0.1, 0.15) is 12.8 Å². The molecule has 0 radical (unpaired) electrons. The maximum atomic E-state index is 10.2. The van der Waals surface area contributed by atoms with Gasteiger partial charge in [-0.15, -0.1) is 0 Å². The summed E-state index contributed by atoms with van der Waals surface area (Å²) in [6.45, 7) is 2.82. The monoisotopic (exact) mass is 193 g/mol. The Bertz CT molecular complexity index is 150. The smallest absolute Gasteiger partial charge is 0.245 e. The molecule has 1 fully saturated rings. The summed E-state index contributed by atoms with van der Waals surface area (Å²) < 4.78 is 18.5. The van der Waals surface area contributed by atoms with Crippen molar-refractivity contribution in [2.75, 3.05) is 19.6 Å². The molecular weight excluding hydrogens is 178 g/mol. The maximum Gasteiger partial charge on any atom is 0.245 e. The molecule has 1 rings (SSSR count). The summed E-state index contributed by atoms with van der Waals surface area (Å²) in [7, 11) is 0. The molecule has 0 saturated carbocycles. The van der Waals surface area contributed by atoms with Crippen LogP contribution in [-0.2, 0) is 11.3 Å². The third kappa shape index (κ3) is 4.13. The van der Waals surface area contributed by atoms with Crippen LogP contribution in [-0.4, -0.2) is 28.4 Å². The summed E-state index contributed by atoms with van der Waals surface area (Å²) >= 11 is -1.95. The molecule has 1 heterocycles. The van der Waals surface area contributed by atoms with Gasteiger partial charge < -0.3 is 5.32 Å². The number of hydrogen-bond acceptors (Lipinski definition) is 3. The van der Waals surface area contributed by atoms with E-state index in [4.69, 9.17) is 4.55 Å². The molecule has 0 aromatic rings. The van der Waals surface area contributed by atoms with E-state index in [0.717, 1.165) is 19.6 Å². The Morgan fingerprint density at radius 3 is 3.08 bits per heavy atom. The second-order valence-electron chi connectivity index (χ2n) is 2.94. The van der Waals surface area contributed by atoms with E-state index in [9.17, 15) is 4.21 Å². The molecule has 0 aromatic carbocycles. The molecular formula is C6H15N3O2S. The number of hydrazine groups is 1. The highest BCUT2D eigenvalue weighted by molar-refractivity contribution is 7.77. The van der Waals surface area contributed by atoms with E-state index in [1.54, 1.807) is 0 Å². The third-order valence-corrected chi connectivity index (χ3v) is 2.27. The summed E-state index contributed by atoms with van der Waals surface area (Å²) in [6, 6.07) is 0. The van der Waals surface area contributed by atoms with Gasteiger partial charge in [-0.25, -0.2) is 9.63 Å². The van der Waals surface area contributed by atoms with Crippen LogP contribution < -0.4 is 15.6 Å². The average molecular weight is 193 g/mol. The molecule has 0 bridgehead atoms. The number of rotatable bonds is 4.